The highest BCUT2D eigenvalue weighted by molar-refractivity contribution is 5.27. The Morgan fingerprint density at radius 1 is 1.11 bits per heavy atom. The molecule has 102 valence electrons. The Hall–Kier alpha value is -0.860. The van der Waals surface area contributed by atoms with Gasteiger partial charge in [0.05, 0.1) is 0 Å². The molecule has 1 N–H and O–H groups in total. The third kappa shape index (κ3) is 5.19. The van der Waals surface area contributed by atoms with Crippen molar-refractivity contribution in [2.45, 2.75) is 39.7 Å². The molecule has 0 aromatic heterocycles. The van der Waals surface area contributed by atoms with E-state index < -0.39 is 0 Å². The number of benzene rings is 1. The highest BCUT2D eigenvalue weighted by Crippen LogP contribution is 2.12. The molecule has 0 spiro atoms. The van der Waals surface area contributed by atoms with Crippen molar-refractivity contribution in [2.24, 2.45) is 0 Å². The molecule has 0 aliphatic heterocycles. The molecule has 0 saturated heterocycles. The van der Waals surface area contributed by atoms with Crippen molar-refractivity contribution < 1.29 is 0 Å². The van der Waals surface area contributed by atoms with Crippen LogP contribution in [0.3, 0.4) is 0 Å². The van der Waals surface area contributed by atoms with E-state index in [4.69, 9.17) is 0 Å². The summed E-state index contributed by atoms with van der Waals surface area (Å²) < 4.78 is 0. The molecule has 0 fully saturated rings. The number of rotatable bonds is 9. The van der Waals surface area contributed by atoms with Crippen LogP contribution in [0.2, 0.25) is 0 Å². The van der Waals surface area contributed by atoms with E-state index in [1.54, 1.807) is 0 Å². The second kappa shape index (κ2) is 9.12. The van der Waals surface area contributed by atoms with Gasteiger partial charge in [-0.1, -0.05) is 44.5 Å². The average Bonchev–Trinajstić information content (AvgIpc) is 2.42. The fourth-order valence-corrected chi connectivity index (χ4v) is 2.19. The monoisotopic (exact) mass is 248 g/mol. The number of hydrogen-bond donors (Lipinski definition) is 1. The largest absolute Gasteiger partial charge is 0.319 e. The zero-order valence-corrected chi connectivity index (χ0v) is 12.2. The summed E-state index contributed by atoms with van der Waals surface area (Å²) in [5, 5.41) is 3.23. The Balaban J connectivity index is 2.63. The van der Waals surface area contributed by atoms with Gasteiger partial charge >= 0.3 is 0 Å². The molecule has 0 aliphatic carbocycles. The predicted octanol–water partition coefficient (Wildman–Crippen LogP) is 3.07. The first-order chi connectivity index (χ1) is 8.81. The quantitative estimate of drug-likeness (QED) is 0.722. The molecule has 2 heteroatoms. The summed E-state index contributed by atoms with van der Waals surface area (Å²) in [4.78, 5) is 2.54. The van der Waals surface area contributed by atoms with Crippen molar-refractivity contribution in [1.29, 1.82) is 0 Å². The van der Waals surface area contributed by atoms with Gasteiger partial charge in [0.25, 0.3) is 0 Å². The number of unbranched alkanes of at least 4 members (excludes halogenated alkanes) is 1. The van der Waals surface area contributed by atoms with Crippen LogP contribution >= 0.6 is 0 Å². The van der Waals surface area contributed by atoms with Crippen molar-refractivity contribution in [2.75, 3.05) is 26.7 Å². The summed E-state index contributed by atoms with van der Waals surface area (Å²) >= 11 is 0. The Morgan fingerprint density at radius 3 is 2.44 bits per heavy atom. The van der Waals surface area contributed by atoms with E-state index in [1.807, 2.05) is 7.05 Å². The van der Waals surface area contributed by atoms with Crippen LogP contribution in [0.15, 0.2) is 24.3 Å². The minimum absolute atomic E-state index is 1.05. The lowest BCUT2D eigenvalue weighted by molar-refractivity contribution is 0.274. The number of nitrogens with zero attached hydrogens (tertiary/aromatic N) is 1. The van der Waals surface area contributed by atoms with Crippen LogP contribution in [-0.2, 0) is 13.0 Å². The molecule has 0 bridgehead atoms. The number of likely N-dealkylation sites (N-methyl/N-ethyl adjacent to an activating group) is 1. The maximum atomic E-state index is 3.23. The zero-order chi connectivity index (χ0) is 13.2. The van der Waals surface area contributed by atoms with Crippen molar-refractivity contribution in [3.05, 3.63) is 35.4 Å². The van der Waals surface area contributed by atoms with Crippen LogP contribution in [0.25, 0.3) is 0 Å². The third-order valence-corrected chi connectivity index (χ3v) is 3.43. The Kier molecular flexibility index (Phi) is 7.70. The van der Waals surface area contributed by atoms with Gasteiger partial charge in [-0.05, 0) is 50.7 Å². The first-order valence-corrected chi connectivity index (χ1v) is 7.25. The van der Waals surface area contributed by atoms with Gasteiger partial charge in [0, 0.05) is 6.54 Å². The molecular formula is C16H28N2. The summed E-state index contributed by atoms with van der Waals surface area (Å²) in [5.74, 6) is 0. The van der Waals surface area contributed by atoms with Crippen molar-refractivity contribution in [3.63, 3.8) is 0 Å². The normalized spacial score (nSPS) is 11.1. The van der Waals surface area contributed by atoms with E-state index in [-0.39, 0.29) is 0 Å². The van der Waals surface area contributed by atoms with Gasteiger partial charge < -0.3 is 5.32 Å². The molecule has 0 heterocycles. The van der Waals surface area contributed by atoms with Crippen LogP contribution in [-0.4, -0.2) is 31.6 Å². The van der Waals surface area contributed by atoms with Crippen LogP contribution < -0.4 is 5.32 Å². The maximum absolute atomic E-state index is 3.23. The molecule has 1 rings (SSSR count). The summed E-state index contributed by atoms with van der Waals surface area (Å²) in [6.07, 6.45) is 3.70. The third-order valence-electron chi connectivity index (χ3n) is 3.43. The SMILES string of the molecule is CCCCN(CC)Cc1ccccc1CCNC. The van der Waals surface area contributed by atoms with Gasteiger partial charge in [0.2, 0.25) is 0 Å². The molecule has 2 nitrogen and oxygen atoms in total. The molecule has 0 unspecified atom stereocenters. The van der Waals surface area contributed by atoms with Crippen LogP contribution in [0.5, 0.6) is 0 Å². The first kappa shape index (κ1) is 15.2. The molecule has 0 atom stereocenters. The summed E-state index contributed by atoms with van der Waals surface area (Å²) in [6, 6.07) is 8.85. The van der Waals surface area contributed by atoms with Crippen LogP contribution in [0, 0.1) is 0 Å². The fraction of sp³-hybridized carbons (Fsp3) is 0.625. The summed E-state index contributed by atoms with van der Waals surface area (Å²) in [5.41, 5.74) is 2.98. The number of nitrogens with one attached hydrogen (secondary N) is 1. The molecule has 1 aromatic rings. The van der Waals surface area contributed by atoms with E-state index in [0.29, 0.717) is 0 Å². The lowest BCUT2D eigenvalue weighted by Crippen LogP contribution is -2.25. The molecular weight excluding hydrogens is 220 g/mol. The first-order valence-electron chi connectivity index (χ1n) is 7.25. The van der Waals surface area contributed by atoms with E-state index in [9.17, 15) is 0 Å². The Labute approximate surface area is 112 Å². The molecule has 0 saturated carbocycles. The molecule has 0 amide bonds. The standard InChI is InChI=1S/C16H28N2/c1-4-6-13-18(5-2)14-16-10-8-7-9-15(16)11-12-17-3/h7-10,17H,4-6,11-14H2,1-3H3. The Morgan fingerprint density at radius 2 is 1.83 bits per heavy atom. The lowest BCUT2D eigenvalue weighted by Gasteiger charge is -2.21. The van der Waals surface area contributed by atoms with Crippen molar-refractivity contribution in [1.82, 2.24) is 10.2 Å². The van der Waals surface area contributed by atoms with Crippen LogP contribution in [0.1, 0.15) is 37.8 Å². The van der Waals surface area contributed by atoms with Gasteiger partial charge in [0.15, 0.2) is 0 Å². The fourth-order valence-electron chi connectivity index (χ4n) is 2.19. The van der Waals surface area contributed by atoms with Crippen LogP contribution in [0.4, 0.5) is 0 Å². The van der Waals surface area contributed by atoms with E-state index >= 15 is 0 Å². The summed E-state index contributed by atoms with van der Waals surface area (Å²) in [7, 11) is 2.02. The average molecular weight is 248 g/mol. The van der Waals surface area contributed by atoms with E-state index in [1.165, 1.54) is 30.5 Å². The second-order valence-electron chi connectivity index (χ2n) is 4.84. The lowest BCUT2D eigenvalue weighted by atomic mass is 10.0. The van der Waals surface area contributed by atoms with Gasteiger partial charge in [-0.25, -0.2) is 0 Å². The topological polar surface area (TPSA) is 15.3 Å². The zero-order valence-electron chi connectivity index (χ0n) is 12.2. The van der Waals surface area contributed by atoms with Gasteiger partial charge in [0.1, 0.15) is 0 Å². The summed E-state index contributed by atoms with van der Waals surface area (Å²) in [6.45, 7) is 9.02. The van der Waals surface area contributed by atoms with Crippen molar-refractivity contribution in [3.8, 4) is 0 Å². The second-order valence-corrected chi connectivity index (χ2v) is 4.84. The van der Waals surface area contributed by atoms with Crippen molar-refractivity contribution >= 4 is 0 Å². The predicted molar refractivity (Wildman–Crippen MR) is 79.9 cm³/mol. The van der Waals surface area contributed by atoms with E-state index in [0.717, 1.165) is 26.1 Å². The molecule has 1 aromatic carbocycles. The van der Waals surface area contributed by atoms with E-state index in [2.05, 4.69) is 48.3 Å². The highest BCUT2D eigenvalue weighted by Gasteiger charge is 2.06. The van der Waals surface area contributed by atoms with Gasteiger partial charge in [-0.3, -0.25) is 4.90 Å². The minimum Gasteiger partial charge on any atom is -0.319 e. The smallest absolute Gasteiger partial charge is 0.0236 e. The minimum atomic E-state index is 1.05. The maximum Gasteiger partial charge on any atom is 0.0236 e. The Bertz CT molecular complexity index is 323. The van der Waals surface area contributed by atoms with Gasteiger partial charge in [-0.15, -0.1) is 0 Å². The molecule has 0 radical (unpaired) electrons. The van der Waals surface area contributed by atoms with Gasteiger partial charge in [-0.2, -0.15) is 0 Å². The molecule has 18 heavy (non-hydrogen) atoms. The highest BCUT2D eigenvalue weighted by atomic mass is 15.1. The number of hydrogen-bond acceptors (Lipinski definition) is 2. The molecule has 0 aliphatic rings.